The van der Waals surface area contributed by atoms with E-state index in [0.29, 0.717) is 49.4 Å². The maximum atomic E-state index is 13.0. The van der Waals surface area contributed by atoms with Gasteiger partial charge >= 0.3 is 0 Å². The molecule has 1 aromatic heterocycles. The van der Waals surface area contributed by atoms with E-state index in [2.05, 4.69) is 17.5 Å². The highest BCUT2D eigenvalue weighted by atomic mass is 16.5. The number of anilines is 1. The lowest BCUT2D eigenvalue weighted by Gasteiger charge is -2.26. The normalized spacial score (nSPS) is 26.7. The van der Waals surface area contributed by atoms with Crippen LogP contribution in [0.1, 0.15) is 23.4 Å². The van der Waals surface area contributed by atoms with Crippen LogP contribution >= 0.6 is 0 Å². The molecule has 1 N–H and O–H groups in total. The minimum atomic E-state index is -0.197. The van der Waals surface area contributed by atoms with Crippen LogP contribution in [0, 0.1) is 17.8 Å². The number of carbonyl (C=O) groups excluding carboxylic acids is 2. The third-order valence-corrected chi connectivity index (χ3v) is 5.95. The maximum absolute atomic E-state index is 13.0. The molecule has 3 aliphatic rings. The van der Waals surface area contributed by atoms with E-state index in [-0.39, 0.29) is 23.5 Å². The second-order valence-electron chi connectivity index (χ2n) is 7.58. The molecule has 140 valence electrons. The van der Waals surface area contributed by atoms with Crippen LogP contribution in [0.5, 0.6) is 0 Å². The van der Waals surface area contributed by atoms with Gasteiger partial charge in [0.1, 0.15) is 11.3 Å². The molecule has 2 fully saturated rings. The van der Waals surface area contributed by atoms with Gasteiger partial charge in [0.05, 0.1) is 13.2 Å². The standard InChI is InChI=1S/C21H22N2O4/c24-20(16-12-13-5-6-14(16)11-13)22-18-15-3-1-2-4-17(15)27-19(18)21(25)23-7-9-26-10-8-23/h1-6,13-14,16H,7-12H2,(H,22,24). The molecule has 3 atom stereocenters. The van der Waals surface area contributed by atoms with Gasteiger partial charge in [0.15, 0.2) is 0 Å². The van der Waals surface area contributed by atoms with Crippen LogP contribution in [0.2, 0.25) is 0 Å². The lowest BCUT2D eigenvalue weighted by molar-refractivity contribution is -0.120. The van der Waals surface area contributed by atoms with Crippen molar-refractivity contribution < 1.29 is 18.7 Å². The highest BCUT2D eigenvalue weighted by molar-refractivity contribution is 6.11. The van der Waals surface area contributed by atoms with Crippen LogP contribution < -0.4 is 5.32 Å². The number of morpholine rings is 1. The van der Waals surface area contributed by atoms with Crippen molar-refractivity contribution in [3.8, 4) is 0 Å². The van der Waals surface area contributed by atoms with Gasteiger partial charge in [0.2, 0.25) is 11.7 Å². The zero-order chi connectivity index (χ0) is 18.4. The van der Waals surface area contributed by atoms with Gasteiger partial charge in [0, 0.05) is 24.4 Å². The summed E-state index contributed by atoms with van der Waals surface area (Å²) in [5, 5.41) is 3.80. The second kappa shape index (κ2) is 6.53. The molecule has 5 rings (SSSR count). The summed E-state index contributed by atoms with van der Waals surface area (Å²) in [5.74, 6) is 0.796. The molecule has 0 radical (unpaired) electrons. The van der Waals surface area contributed by atoms with E-state index in [9.17, 15) is 9.59 Å². The Morgan fingerprint density at radius 1 is 1.07 bits per heavy atom. The summed E-state index contributed by atoms with van der Waals surface area (Å²) in [4.78, 5) is 27.7. The number of hydrogen-bond acceptors (Lipinski definition) is 4. The average Bonchev–Trinajstić information content (AvgIpc) is 3.43. The van der Waals surface area contributed by atoms with Gasteiger partial charge in [-0.15, -0.1) is 0 Å². The Balaban J connectivity index is 1.47. The van der Waals surface area contributed by atoms with E-state index in [1.807, 2.05) is 24.3 Å². The molecule has 1 aliphatic heterocycles. The molecule has 6 nitrogen and oxygen atoms in total. The highest BCUT2D eigenvalue weighted by Gasteiger charge is 2.40. The Bertz CT molecular complexity index is 925. The molecular formula is C21H22N2O4. The SMILES string of the molecule is O=C(Nc1c(C(=O)N2CCOCC2)oc2ccccc12)C1CC2C=CC1C2. The number of hydrogen-bond donors (Lipinski definition) is 1. The van der Waals surface area contributed by atoms with Crippen molar-refractivity contribution in [1.82, 2.24) is 4.90 Å². The topological polar surface area (TPSA) is 71.8 Å². The van der Waals surface area contributed by atoms with E-state index >= 15 is 0 Å². The molecule has 2 amide bonds. The van der Waals surface area contributed by atoms with Crippen molar-refractivity contribution in [3.63, 3.8) is 0 Å². The number of para-hydroxylation sites is 1. The smallest absolute Gasteiger partial charge is 0.291 e. The molecule has 2 bridgehead atoms. The Kier molecular flexibility index (Phi) is 4.01. The van der Waals surface area contributed by atoms with Crippen LogP contribution in [0.4, 0.5) is 5.69 Å². The van der Waals surface area contributed by atoms with Gasteiger partial charge in [-0.1, -0.05) is 24.3 Å². The number of benzene rings is 1. The fourth-order valence-corrected chi connectivity index (χ4v) is 4.53. The number of nitrogens with one attached hydrogen (secondary N) is 1. The number of allylic oxidation sites excluding steroid dienone is 2. The molecule has 1 saturated heterocycles. The average molecular weight is 366 g/mol. The van der Waals surface area contributed by atoms with Gasteiger partial charge in [-0.25, -0.2) is 0 Å². The zero-order valence-corrected chi connectivity index (χ0v) is 15.0. The number of nitrogens with zero attached hydrogens (tertiary/aromatic N) is 1. The molecule has 27 heavy (non-hydrogen) atoms. The summed E-state index contributed by atoms with van der Waals surface area (Å²) >= 11 is 0. The van der Waals surface area contributed by atoms with E-state index in [1.165, 1.54) is 0 Å². The van der Waals surface area contributed by atoms with E-state index in [1.54, 1.807) is 4.90 Å². The highest BCUT2D eigenvalue weighted by Crippen LogP contribution is 2.44. The number of fused-ring (bicyclic) bond motifs is 3. The third-order valence-electron chi connectivity index (χ3n) is 5.95. The first-order valence-electron chi connectivity index (χ1n) is 9.58. The van der Waals surface area contributed by atoms with Gasteiger partial charge in [-0.2, -0.15) is 0 Å². The van der Waals surface area contributed by atoms with Gasteiger partial charge < -0.3 is 19.4 Å². The predicted octanol–water partition coefficient (Wildman–Crippen LogP) is 3.06. The van der Waals surface area contributed by atoms with Crippen LogP contribution in [0.15, 0.2) is 40.8 Å². The third kappa shape index (κ3) is 2.84. The second-order valence-corrected chi connectivity index (χ2v) is 7.58. The van der Waals surface area contributed by atoms with Crippen molar-refractivity contribution in [3.05, 3.63) is 42.2 Å². The molecule has 3 unspecified atom stereocenters. The monoisotopic (exact) mass is 366 g/mol. The fraction of sp³-hybridized carbons (Fsp3) is 0.429. The first kappa shape index (κ1) is 16.6. The number of rotatable bonds is 3. The predicted molar refractivity (Wildman–Crippen MR) is 100 cm³/mol. The molecular weight excluding hydrogens is 344 g/mol. The van der Waals surface area contributed by atoms with Gasteiger partial charge in [-0.05, 0) is 36.8 Å². The number of carbonyl (C=O) groups is 2. The lowest BCUT2D eigenvalue weighted by Crippen LogP contribution is -2.41. The summed E-state index contributed by atoms with van der Waals surface area (Å²) in [7, 11) is 0. The number of ether oxygens (including phenoxy) is 1. The molecule has 2 aromatic rings. The minimum Gasteiger partial charge on any atom is -0.449 e. The van der Waals surface area contributed by atoms with Crippen molar-refractivity contribution >= 4 is 28.5 Å². The first-order valence-corrected chi connectivity index (χ1v) is 9.58. The summed E-state index contributed by atoms with van der Waals surface area (Å²) in [6, 6.07) is 7.45. The summed E-state index contributed by atoms with van der Waals surface area (Å²) in [6.45, 7) is 2.09. The number of amides is 2. The Labute approximate surface area is 157 Å². The van der Waals surface area contributed by atoms with Crippen molar-refractivity contribution in [2.45, 2.75) is 12.8 Å². The zero-order valence-electron chi connectivity index (χ0n) is 15.0. The van der Waals surface area contributed by atoms with Crippen molar-refractivity contribution in [2.24, 2.45) is 17.8 Å². The maximum Gasteiger partial charge on any atom is 0.291 e. The van der Waals surface area contributed by atoms with Crippen LogP contribution in [-0.2, 0) is 9.53 Å². The lowest BCUT2D eigenvalue weighted by atomic mass is 9.92. The van der Waals surface area contributed by atoms with Crippen LogP contribution in [-0.4, -0.2) is 43.0 Å². The first-order chi connectivity index (χ1) is 13.2. The van der Waals surface area contributed by atoms with E-state index in [0.717, 1.165) is 18.2 Å². The van der Waals surface area contributed by atoms with E-state index < -0.39 is 0 Å². The molecule has 2 heterocycles. The largest absolute Gasteiger partial charge is 0.449 e. The fourth-order valence-electron chi connectivity index (χ4n) is 4.53. The Hall–Kier alpha value is -2.60. The summed E-state index contributed by atoms with van der Waals surface area (Å²) in [5.41, 5.74) is 1.11. The quantitative estimate of drug-likeness (QED) is 0.848. The van der Waals surface area contributed by atoms with Crippen molar-refractivity contribution in [2.75, 3.05) is 31.6 Å². The number of furan rings is 1. The van der Waals surface area contributed by atoms with Gasteiger partial charge in [0.25, 0.3) is 5.91 Å². The minimum absolute atomic E-state index is 0.0190. The molecule has 0 spiro atoms. The van der Waals surface area contributed by atoms with E-state index in [4.69, 9.17) is 9.15 Å². The molecule has 1 saturated carbocycles. The molecule has 6 heteroatoms. The Morgan fingerprint density at radius 2 is 1.89 bits per heavy atom. The van der Waals surface area contributed by atoms with Gasteiger partial charge in [-0.3, -0.25) is 9.59 Å². The van der Waals surface area contributed by atoms with Crippen molar-refractivity contribution in [1.29, 1.82) is 0 Å². The molecule has 2 aliphatic carbocycles. The summed E-state index contributed by atoms with van der Waals surface area (Å²) < 4.78 is 11.2. The summed E-state index contributed by atoms with van der Waals surface area (Å²) in [6.07, 6.45) is 6.32. The Morgan fingerprint density at radius 3 is 2.63 bits per heavy atom. The molecule has 1 aromatic carbocycles. The van der Waals surface area contributed by atoms with Crippen LogP contribution in [0.25, 0.3) is 11.0 Å². The van der Waals surface area contributed by atoms with Crippen LogP contribution in [0.3, 0.4) is 0 Å².